The summed E-state index contributed by atoms with van der Waals surface area (Å²) in [6, 6.07) is 0. The maximum absolute atomic E-state index is 12.1. The predicted molar refractivity (Wildman–Crippen MR) is 147 cm³/mol. The van der Waals surface area contributed by atoms with Gasteiger partial charge in [-0.1, -0.05) is 13.8 Å². The molecule has 0 aliphatic carbocycles. The van der Waals surface area contributed by atoms with Crippen LogP contribution in [0.3, 0.4) is 0 Å². The van der Waals surface area contributed by atoms with Crippen molar-refractivity contribution in [3.63, 3.8) is 0 Å². The summed E-state index contributed by atoms with van der Waals surface area (Å²) in [5.74, 6) is 0.663. The van der Waals surface area contributed by atoms with Crippen LogP contribution in [-0.4, -0.2) is 105 Å². The number of carbonyl (C=O) groups excluding carboxylic acids is 2. The molecular weight excluding hydrogens is 528 g/mol. The van der Waals surface area contributed by atoms with Gasteiger partial charge >= 0.3 is 11.9 Å². The largest absolute Gasteiger partial charge is 0.465 e. The third-order valence-corrected chi connectivity index (χ3v) is 9.90. The third-order valence-electron chi connectivity index (χ3n) is 5.28. The smallest absolute Gasteiger partial charge is 0.307 e. The van der Waals surface area contributed by atoms with Crippen LogP contribution in [-0.2, 0) is 44.2 Å². The molecule has 0 aliphatic heterocycles. The molecule has 0 spiro atoms. The van der Waals surface area contributed by atoms with Gasteiger partial charge in [-0.25, -0.2) is 0 Å². The van der Waals surface area contributed by atoms with E-state index in [0.29, 0.717) is 37.7 Å². The average molecular weight is 579 g/mol. The monoisotopic (exact) mass is 578 g/mol. The Morgan fingerprint density at radius 1 is 0.595 bits per heavy atom. The fourth-order valence-electron chi connectivity index (χ4n) is 3.02. The van der Waals surface area contributed by atoms with Gasteiger partial charge in [0.05, 0.1) is 90.5 Å². The van der Waals surface area contributed by atoms with E-state index in [1.807, 2.05) is 13.8 Å². The van der Waals surface area contributed by atoms with Crippen LogP contribution in [0.5, 0.6) is 0 Å². The van der Waals surface area contributed by atoms with Gasteiger partial charge in [-0.15, -0.1) is 0 Å². The molecule has 0 aromatic carbocycles. The second-order valence-electron chi connectivity index (χ2n) is 8.72. The van der Waals surface area contributed by atoms with Crippen molar-refractivity contribution in [1.82, 2.24) is 10.6 Å². The molecule has 0 aliphatic rings. The van der Waals surface area contributed by atoms with Gasteiger partial charge in [-0.05, 0) is 25.9 Å². The van der Waals surface area contributed by atoms with Crippen molar-refractivity contribution in [2.75, 3.05) is 93.6 Å². The van der Waals surface area contributed by atoms with Crippen molar-refractivity contribution in [1.29, 1.82) is 0 Å². The molecule has 0 saturated carbocycles. The van der Waals surface area contributed by atoms with E-state index in [0.717, 1.165) is 12.8 Å². The fraction of sp³-hybridized carbons (Fsp3) is 0.913. The van der Waals surface area contributed by atoms with Crippen molar-refractivity contribution in [3.05, 3.63) is 0 Å². The zero-order valence-electron chi connectivity index (χ0n) is 23.9. The van der Waals surface area contributed by atoms with Crippen LogP contribution in [0.1, 0.15) is 39.5 Å². The zero-order chi connectivity index (χ0) is 28.2. The van der Waals surface area contributed by atoms with Crippen molar-refractivity contribution in [2.45, 2.75) is 39.5 Å². The molecule has 2 N–H and O–H groups in total. The Morgan fingerprint density at radius 2 is 0.919 bits per heavy atom. The lowest BCUT2D eigenvalue weighted by Gasteiger charge is -2.33. The minimum atomic E-state index is -1.95. The molecule has 14 heteroatoms. The van der Waals surface area contributed by atoms with Crippen LogP contribution in [0, 0.1) is 5.41 Å². The summed E-state index contributed by atoms with van der Waals surface area (Å²) in [5, 5.41) is 6.40. The summed E-state index contributed by atoms with van der Waals surface area (Å²) in [5.41, 5.74) is -0.481. The number of hydrogen-bond acceptors (Lipinski definition) is 12. The second kappa shape index (κ2) is 20.3. The van der Waals surface area contributed by atoms with Gasteiger partial charge in [0.2, 0.25) is 0 Å². The molecule has 224 valence electrons. The Bertz CT molecular complexity index is 554. The lowest BCUT2D eigenvalue weighted by molar-refractivity contribution is -0.152. The summed E-state index contributed by atoms with van der Waals surface area (Å²) in [6.45, 7) is 6.50. The first kappa shape index (κ1) is 36.3. The molecule has 0 amide bonds. The van der Waals surface area contributed by atoms with Crippen molar-refractivity contribution in [2.24, 2.45) is 5.41 Å². The van der Waals surface area contributed by atoms with Crippen molar-refractivity contribution in [3.8, 4) is 0 Å². The van der Waals surface area contributed by atoms with E-state index in [2.05, 4.69) is 10.6 Å². The van der Waals surface area contributed by atoms with Gasteiger partial charge in [0.1, 0.15) is 0 Å². The molecule has 0 heterocycles. The van der Waals surface area contributed by atoms with E-state index in [1.165, 1.54) is 0 Å². The second-order valence-corrected chi connectivity index (χ2v) is 13.8. The maximum atomic E-state index is 12.1. The quantitative estimate of drug-likeness (QED) is 0.129. The number of hydrogen-bond donors (Lipinski definition) is 2. The summed E-state index contributed by atoms with van der Waals surface area (Å²) < 4.78 is 42.7. The molecule has 0 aromatic rings. The highest BCUT2D eigenvalue weighted by Crippen LogP contribution is 2.50. The van der Waals surface area contributed by atoms with E-state index in [1.54, 1.807) is 42.7 Å². The van der Waals surface area contributed by atoms with E-state index in [9.17, 15) is 9.59 Å². The molecule has 0 saturated heterocycles. The summed E-state index contributed by atoms with van der Waals surface area (Å²) in [7, 11) is 5.48. The molecular formula is C23H50N2O10S2. The molecule has 12 nitrogen and oxygen atoms in total. The minimum absolute atomic E-state index is 0.168. The highest BCUT2D eigenvalue weighted by Gasteiger charge is 2.24. The standard InChI is InChI=1S/C23H50N2O10S2/c1-23(2,19-34-21(26)11-15-24-13-9-17-36(28-3,29-4)30-5)20-35-22(27)12-16-25-14-10-18-37(31-6,32-7)33-8/h24-25H,9-20H2,1-8H3. The minimum Gasteiger partial charge on any atom is -0.465 e. The van der Waals surface area contributed by atoms with Crippen LogP contribution in [0.4, 0.5) is 0 Å². The Labute approximate surface area is 226 Å². The van der Waals surface area contributed by atoms with Crippen LogP contribution in [0.15, 0.2) is 0 Å². The first-order chi connectivity index (χ1) is 17.6. The molecule has 0 aromatic heterocycles. The van der Waals surface area contributed by atoms with Gasteiger partial charge in [-0.3, -0.25) is 34.7 Å². The summed E-state index contributed by atoms with van der Waals surface area (Å²) in [6.07, 6.45) is 2.07. The SMILES string of the molecule is COS(CCCNCCC(=O)OCC(C)(C)COC(=O)CCNCCCS(OC)(OC)OC)(OC)OC. The fourth-order valence-corrected chi connectivity index (χ4v) is 5.84. The van der Waals surface area contributed by atoms with Crippen LogP contribution in [0.2, 0.25) is 0 Å². The Hall–Kier alpha value is -0.680. The van der Waals surface area contributed by atoms with E-state index in [4.69, 9.17) is 34.6 Å². The van der Waals surface area contributed by atoms with Crippen molar-refractivity contribution < 1.29 is 44.2 Å². The van der Waals surface area contributed by atoms with Crippen molar-refractivity contribution >= 4 is 33.7 Å². The van der Waals surface area contributed by atoms with Crippen LogP contribution < -0.4 is 10.6 Å². The van der Waals surface area contributed by atoms with E-state index in [-0.39, 0.29) is 38.0 Å². The predicted octanol–water partition coefficient (Wildman–Crippen LogP) is 2.82. The van der Waals surface area contributed by atoms with E-state index >= 15 is 0 Å². The highest BCUT2D eigenvalue weighted by atomic mass is 32.3. The molecule has 0 rings (SSSR count). The Balaban J connectivity index is 3.94. The molecule has 0 unspecified atom stereocenters. The van der Waals surface area contributed by atoms with Gasteiger partial charge in [-0.2, -0.15) is 0 Å². The number of ether oxygens (including phenoxy) is 2. The molecule has 37 heavy (non-hydrogen) atoms. The third kappa shape index (κ3) is 16.1. The molecule has 0 atom stereocenters. The number of rotatable bonds is 24. The maximum Gasteiger partial charge on any atom is 0.307 e. The lowest BCUT2D eigenvalue weighted by Crippen LogP contribution is -2.30. The van der Waals surface area contributed by atoms with Crippen LogP contribution >= 0.6 is 21.7 Å². The summed E-state index contributed by atoms with van der Waals surface area (Å²) >= 11 is 0. The number of nitrogens with one attached hydrogen (secondary N) is 2. The number of esters is 2. The number of carbonyl (C=O) groups is 2. The molecule has 0 radical (unpaired) electrons. The first-order valence-corrected chi connectivity index (χ1v) is 15.4. The normalized spacial score (nSPS) is 13.4. The first-order valence-electron chi connectivity index (χ1n) is 12.2. The molecule has 0 bridgehead atoms. The lowest BCUT2D eigenvalue weighted by atomic mass is 9.96. The highest BCUT2D eigenvalue weighted by molar-refractivity contribution is 8.22. The van der Waals surface area contributed by atoms with Crippen LogP contribution in [0.25, 0.3) is 0 Å². The van der Waals surface area contributed by atoms with E-state index < -0.39 is 27.2 Å². The average Bonchev–Trinajstić information content (AvgIpc) is 2.91. The van der Waals surface area contributed by atoms with Gasteiger partial charge in [0.15, 0.2) is 0 Å². The van der Waals surface area contributed by atoms with Gasteiger partial charge in [0.25, 0.3) is 0 Å². The zero-order valence-corrected chi connectivity index (χ0v) is 25.5. The Kier molecular flexibility index (Phi) is 19.9. The topological polar surface area (TPSA) is 132 Å². The summed E-state index contributed by atoms with van der Waals surface area (Å²) in [4.78, 5) is 24.1. The molecule has 0 fully saturated rings. The van der Waals surface area contributed by atoms with Gasteiger partial charge in [0, 0.05) is 30.0 Å². The Morgan fingerprint density at radius 3 is 1.22 bits per heavy atom. The van der Waals surface area contributed by atoms with Gasteiger partial charge < -0.3 is 20.1 Å².